The van der Waals surface area contributed by atoms with Crippen molar-refractivity contribution in [2.24, 2.45) is 16.5 Å². The van der Waals surface area contributed by atoms with E-state index in [1.165, 1.54) is 6.07 Å². The normalized spacial score (nSPS) is 19.7. The number of rotatable bonds is 6. The number of benzene rings is 1. The summed E-state index contributed by atoms with van der Waals surface area (Å²) in [5, 5.41) is 21.5. The van der Waals surface area contributed by atoms with Crippen molar-refractivity contribution in [2.45, 2.75) is 44.3 Å². The average molecular weight is 533 g/mol. The van der Waals surface area contributed by atoms with Gasteiger partial charge in [-0.25, -0.2) is 0 Å². The van der Waals surface area contributed by atoms with Crippen LogP contribution in [-0.4, -0.2) is 78.3 Å². The molecule has 0 saturated heterocycles. The van der Waals surface area contributed by atoms with Gasteiger partial charge in [0.15, 0.2) is 5.96 Å². The quantitative estimate of drug-likeness (QED) is 0.106. The van der Waals surface area contributed by atoms with Crippen LogP contribution in [0.2, 0.25) is 0 Å². The topological polar surface area (TPSA) is 247 Å². The summed E-state index contributed by atoms with van der Waals surface area (Å²) in [4.78, 5) is 77.8. The summed E-state index contributed by atoms with van der Waals surface area (Å²) in [7, 11) is 0. The number of aliphatic carboxylic acids is 1. The number of fused-ring (bicyclic) bond motifs is 2. The van der Waals surface area contributed by atoms with E-state index in [1.807, 2.05) is 0 Å². The van der Waals surface area contributed by atoms with E-state index in [4.69, 9.17) is 16.6 Å². The van der Waals surface area contributed by atoms with Gasteiger partial charge in [0.25, 0.3) is 5.91 Å². The van der Waals surface area contributed by atoms with E-state index in [0.717, 1.165) is 0 Å². The molecule has 2 atom stereocenters. The van der Waals surface area contributed by atoms with Crippen LogP contribution in [-0.2, 0) is 30.5 Å². The molecule has 1 aromatic rings. The lowest BCUT2D eigenvalue weighted by Gasteiger charge is -2.19. The Kier molecular flexibility index (Phi) is 11.5. The zero-order valence-electron chi connectivity index (χ0n) is 20.6. The third-order valence-corrected chi connectivity index (χ3v) is 5.34. The number of hydrogen-bond donors (Lipinski definition) is 8. The van der Waals surface area contributed by atoms with Crippen LogP contribution in [0.5, 0.6) is 0 Å². The Morgan fingerprint density at radius 3 is 2.34 bits per heavy atom. The van der Waals surface area contributed by atoms with Crippen molar-refractivity contribution in [3.63, 3.8) is 0 Å². The summed E-state index contributed by atoms with van der Waals surface area (Å²) >= 11 is 0. The number of carboxylic acids is 1. The average Bonchev–Trinajstić information content (AvgIpc) is 2.86. The van der Waals surface area contributed by atoms with Gasteiger partial charge in [-0.2, -0.15) is 0 Å². The third kappa shape index (κ3) is 10.5. The zero-order chi connectivity index (χ0) is 28.1. The standard InChI is InChI=1S/C23H32N8O7/c24-23(25)27-7-2-5-15-21(37)29-12-18(33)31-16(10-19(34)35)22(38)28-11-13-3-1-4-14(9-13)20(36)26-8-6-17(32)30-15/h1,3-4,9,15-16H,2,5-8,10-12H2,(H,26,36)(H,28,38)(H,29,37)(H,30,32)(H,31,33)(H,34,35)(H4,24,25,27)/t15-,16+/m0/s1. The van der Waals surface area contributed by atoms with Gasteiger partial charge in [0.05, 0.1) is 13.0 Å². The molecule has 1 aromatic carbocycles. The highest BCUT2D eigenvalue weighted by Crippen LogP contribution is 2.06. The van der Waals surface area contributed by atoms with Gasteiger partial charge in [-0.3, -0.25) is 33.8 Å². The van der Waals surface area contributed by atoms with Gasteiger partial charge < -0.3 is 43.2 Å². The molecule has 1 aliphatic rings. The maximum atomic E-state index is 12.7. The lowest BCUT2D eigenvalue weighted by Crippen LogP contribution is -2.52. The lowest BCUT2D eigenvalue weighted by molar-refractivity contribution is -0.140. The molecule has 15 heteroatoms. The molecule has 38 heavy (non-hydrogen) atoms. The predicted molar refractivity (Wildman–Crippen MR) is 134 cm³/mol. The van der Waals surface area contributed by atoms with Crippen LogP contribution < -0.4 is 38.1 Å². The van der Waals surface area contributed by atoms with Gasteiger partial charge in [-0.15, -0.1) is 0 Å². The predicted octanol–water partition coefficient (Wildman–Crippen LogP) is -2.95. The fraction of sp³-hybridized carbons (Fsp3) is 0.435. The van der Waals surface area contributed by atoms with E-state index in [1.54, 1.807) is 18.2 Å². The van der Waals surface area contributed by atoms with Gasteiger partial charge >= 0.3 is 5.97 Å². The minimum Gasteiger partial charge on any atom is -0.481 e. The molecule has 2 rings (SSSR count). The summed E-state index contributed by atoms with van der Waals surface area (Å²) in [5.74, 6) is -4.67. The third-order valence-electron chi connectivity index (χ3n) is 5.34. The second-order valence-electron chi connectivity index (χ2n) is 8.43. The number of hydrogen-bond acceptors (Lipinski definition) is 7. The first-order valence-corrected chi connectivity index (χ1v) is 11.8. The summed E-state index contributed by atoms with van der Waals surface area (Å²) in [6, 6.07) is 3.88. The molecule has 206 valence electrons. The van der Waals surface area contributed by atoms with E-state index in [0.29, 0.717) is 12.0 Å². The molecule has 2 bridgehead atoms. The van der Waals surface area contributed by atoms with Crippen molar-refractivity contribution in [2.75, 3.05) is 19.6 Å². The molecule has 10 N–H and O–H groups in total. The molecular formula is C23H32N8O7. The number of aliphatic imine (C=N–C) groups is 1. The van der Waals surface area contributed by atoms with Crippen LogP contribution in [0.3, 0.4) is 0 Å². The Bertz CT molecular complexity index is 1090. The number of nitrogens with one attached hydrogen (secondary N) is 5. The monoisotopic (exact) mass is 532 g/mol. The van der Waals surface area contributed by atoms with Gasteiger partial charge in [0.2, 0.25) is 23.6 Å². The number of amides is 5. The number of guanidine groups is 1. The van der Waals surface area contributed by atoms with E-state index in [2.05, 4.69) is 31.6 Å². The number of carboxylic acid groups (broad SMARTS) is 1. The molecule has 15 nitrogen and oxygen atoms in total. The lowest BCUT2D eigenvalue weighted by atomic mass is 10.1. The molecule has 0 unspecified atom stereocenters. The van der Waals surface area contributed by atoms with Crippen molar-refractivity contribution in [1.82, 2.24) is 26.6 Å². The van der Waals surface area contributed by atoms with Crippen molar-refractivity contribution in [3.05, 3.63) is 35.4 Å². The zero-order valence-corrected chi connectivity index (χ0v) is 20.6. The molecule has 0 aliphatic carbocycles. The highest BCUT2D eigenvalue weighted by atomic mass is 16.4. The molecule has 1 heterocycles. The highest BCUT2D eigenvalue weighted by Gasteiger charge is 2.25. The SMILES string of the molecule is NC(N)=NCCC[C@@H]1NC(=O)CCNC(=O)c2cccc(c2)CNC(=O)[C@@H](CC(=O)O)NC(=O)CNC1=O. The summed E-state index contributed by atoms with van der Waals surface area (Å²) in [6.07, 6.45) is -0.344. The molecule has 0 spiro atoms. The Labute approximate surface area is 218 Å². The van der Waals surface area contributed by atoms with Crippen LogP contribution in [0.4, 0.5) is 0 Å². The number of carbonyl (C=O) groups excluding carboxylic acids is 5. The van der Waals surface area contributed by atoms with Crippen molar-refractivity contribution in [3.8, 4) is 0 Å². The molecule has 1 aliphatic heterocycles. The van der Waals surface area contributed by atoms with Gasteiger partial charge in [-0.1, -0.05) is 12.1 Å². The Balaban J connectivity index is 2.22. The number of carbonyl (C=O) groups is 6. The van der Waals surface area contributed by atoms with Crippen LogP contribution >= 0.6 is 0 Å². The summed E-state index contributed by atoms with van der Waals surface area (Å²) < 4.78 is 0. The van der Waals surface area contributed by atoms with Crippen LogP contribution in [0, 0.1) is 0 Å². The number of nitrogens with two attached hydrogens (primary N) is 2. The molecule has 0 aromatic heterocycles. The van der Waals surface area contributed by atoms with E-state index in [-0.39, 0.29) is 44.0 Å². The molecular weight excluding hydrogens is 500 g/mol. The largest absolute Gasteiger partial charge is 0.481 e. The van der Waals surface area contributed by atoms with Gasteiger partial charge in [0.1, 0.15) is 12.1 Å². The van der Waals surface area contributed by atoms with Crippen LogP contribution in [0.15, 0.2) is 29.3 Å². The van der Waals surface area contributed by atoms with E-state index >= 15 is 0 Å². The second-order valence-corrected chi connectivity index (χ2v) is 8.43. The first kappa shape index (κ1) is 29.5. The highest BCUT2D eigenvalue weighted by molar-refractivity contribution is 5.95. The minimum atomic E-state index is -1.42. The summed E-state index contributed by atoms with van der Waals surface area (Å²) in [5.41, 5.74) is 11.4. The van der Waals surface area contributed by atoms with Crippen molar-refractivity contribution in [1.29, 1.82) is 0 Å². The summed E-state index contributed by atoms with van der Waals surface area (Å²) in [6.45, 7) is -0.413. The van der Waals surface area contributed by atoms with Gasteiger partial charge in [-0.05, 0) is 30.5 Å². The smallest absolute Gasteiger partial charge is 0.305 e. The molecule has 0 saturated carbocycles. The minimum absolute atomic E-state index is 0.00670. The maximum Gasteiger partial charge on any atom is 0.305 e. The van der Waals surface area contributed by atoms with Crippen molar-refractivity contribution >= 4 is 41.5 Å². The second kappa shape index (κ2) is 14.8. The van der Waals surface area contributed by atoms with Crippen molar-refractivity contribution < 1.29 is 33.9 Å². The Hall–Kier alpha value is -4.69. The Morgan fingerprint density at radius 2 is 1.63 bits per heavy atom. The fourth-order valence-electron chi connectivity index (χ4n) is 3.49. The van der Waals surface area contributed by atoms with E-state index in [9.17, 15) is 28.8 Å². The number of nitrogens with zero attached hydrogens (tertiary/aromatic N) is 1. The first-order valence-electron chi connectivity index (χ1n) is 11.8. The maximum absolute atomic E-state index is 12.7. The van der Waals surface area contributed by atoms with E-state index < -0.39 is 60.6 Å². The fourth-order valence-corrected chi connectivity index (χ4v) is 3.49. The van der Waals surface area contributed by atoms with Crippen LogP contribution in [0.25, 0.3) is 0 Å². The Morgan fingerprint density at radius 1 is 0.947 bits per heavy atom. The molecule has 0 radical (unpaired) electrons. The molecule has 0 fully saturated rings. The molecule has 5 amide bonds. The van der Waals surface area contributed by atoms with Gasteiger partial charge in [0, 0.05) is 31.6 Å². The van der Waals surface area contributed by atoms with Crippen LogP contribution in [0.1, 0.15) is 41.6 Å². The first-order chi connectivity index (χ1) is 18.0.